The Morgan fingerprint density at radius 3 is 3.00 bits per heavy atom. The van der Waals surface area contributed by atoms with Crippen LogP contribution in [0.1, 0.15) is 26.7 Å². The van der Waals surface area contributed by atoms with E-state index in [9.17, 15) is 4.39 Å². The molecule has 1 heterocycles. The van der Waals surface area contributed by atoms with Crippen molar-refractivity contribution in [2.45, 2.75) is 32.8 Å². The number of anilines is 1. The number of benzene rings is 1. The number of halogens is 1. The zero-order valence-electron chi connectivity index (χ0n) is 11.3. The third-order valence-electron chi connectivity index (χ3n) is 2.65. The number of hydrogen-bond donors (Lipinski definition) is 1. The van der Waals surface area contributed by atoms with Gasteiger partial charge in [-0.15, -0.1) is 0 Å². The van der Waals surface area contributed by atoms with Crippen molar-refractivity contribution in [1.82, 2.24) is 4.98 Å². The minimum absolute atomic E-state index is 0.241. The van der Waals surface area contributed by atoms with E-state index in [4.69, 9.17) is 4.74 Å². The normalized spacial score (nSPS) is 11.4. The zero-order chi connectivity index (χ0) is 13.7. The predicted octanol–water partition coefficient (Wildman–Crippen LogP) is 4.05. The van der Waals surface area contributed by atoms with Gasteiger partial charge in [-0.1, -0.05) is 11.3 Å². The van der Waals surface area contributed by atoms with Gasteiger partial charge in [-0.2, -0.15) is 0 Å². The molecule has 0 amide bonds. The fourth-order valence-corrected chi connectivity index (χ4v) is 2.59. The number of thiazole rings is 1. The van der Waals surface area contributed by atoms with Gasteiger partial charge in [0.2, 0.25) is 0 Å². The Morgan fingerprint density at radius 2 is 2.21 bits per heavy atom. The van der Waals surface area contributed by atoms with Crippen molar-refractivity contribution >= 4 is 26.7 Å². The predicted molar refractivity (Wildman–Crippen MR) is 78.4 cm³/mol. The summed E-state index contributed by atoms with van der Waals surface area (Å²) in [5.41, 5.74) is 0.718. The maximum Gasteiger partial charge on any atom is 0.183 e. The first-order valence-electron chi connectivity index (χ1n) is 6.57. The Bertz CT molecular complexity index is 527. The van der Waals surface area contributed by atoms with Crippen LogP contribution in [0.3, 0.4) is 0 Å². The second-order valence-electron chi connectivity index (χ2n) is 4.68. The van der Waals surface area contributed by atoms with Crippen molar-refractivity contribution in [1.29, 1.82) is 0 Å². The quantitative estimate of drug-likeness (QED) is 0.778. The van der Waals surface area contributed by atoms with E-state index in [0.717, 1.165) is 41.3 Å². The second-order valence-corrected chi connectivity index (χ2v) is 5.72. The Morgan fingerprint density at radius 1 is 1.37 bits per heavy atom. The van der Waals surface area contributed by atoms with E-state index in [2.05, 4.69) is 10.3 Å². The molecule has 0 aliphatic carbocycles. The van der Waals surface area contributed by atoms with Crippen LogP contribution in [0.15, 0.2) is 18.2 Å². The number of ether oxygens (including phenoxy) is 1. The van der Waals surface area contributed by atoms with Crippen molar-refractivity contribution in [2.75, 3.05) is 18.5 Å². The van der Waals surface area contributed by atoms with Crippen LogP contribution >= 0.6 is 11.3 Å². The summed E-state index contributed by atoms with van der Waals surface area (Å²) in [6.07, 6.45) is 2.37. The molecule has 0 unspecified atom stereocenters. The van der Waals surface area contributed by atoms with Crippen molar-refractivity contribution in [3.8, 4) is 0 Å². The number of aromatic nitrogens is 1. The molecule has 0 aliphatic heterocycles. The van der Waals surface area contributed by atoms with Gasteiger partial charge in [0.25, 0.3) is 0 Å². The maximum atomic E-state index is 13.0. The highest BCUT2D eigenvalue weighted by Gasteiger charge is 2.04. The Kier molecular flexibility index (Phi) is 5.10. The third kappa shape index (κ3) is 4.44. The van der Waals surface area contributed by atoms with Crippen molar-refractivity contribution < 1.29 is 9.13 Å². The molecule has 2 aromatic rings. The van der Waals surface area contributed by atoms with Crippen molar-refractivity contribution in [2.24, 2.45) is 0 Å². The van der Waals surface area contributed by atoms with Crippen LogP contribution in [0.5, 0.6) is 0 Å². The number of hydrogen-bond acceptors (Lipinski definition) is 4. The minimum atomic E-state index is -0.241. The van der Waals surface area contributed by atoms with Crippen LogP contribution in [0.2, 0.25) is 0 Å². The lowest BCUT2D eigenvalue weighted by molar-refractivity contribution is 0.0765. The number of fused-ring (bicyclic) bond motifs is 1. The summed E-state index contributed by atoms with van der Waals surface area (Å²) >= 11 is 1.55. The third-order valence-corrected chi connectivity index (χ3v) is 3.64. The molecule has 0 atom stereocenters. The first-order valence-corrected chi connectivity index (χ1v) is 7.38. The summed E-state index contributed by atoms with van der Waals surface area (Å²) < 4.78 is 19.5. The monoisotopic (exact) mass is 282 g/mol. The molecule has 1 N–H and O–H groups in total. The zero-order valence-corrected chi connectivity index (χ0v) is 12.1. The topological polar surface area (TPSA) is 34.1 Å². The van der Waals surface area contributed by atoms with Crippen molar-refractivity contribution in [3.05, 3.63) is 24.0 Å². The first kappa shape index (κ1) is 14.2. The van der Waals surface area contributed by atoms with Crippen LogP contribution in [0.25, 0.3) is 10.2 Å². The van der Waals surface area contributed by atoms with Gasteiger partial charge in [-0.3, -0.25) is 0 Å². The Labute approximate surface area is 116 Å². The van der Waals surface area contributed by atoms with E-state index in [1.807, 2.05) is 13.8 Å². The van der Waals surface area contributed by atoms with Gasteiger partial charge in [-0.25, -0.2) is 9.37 Å². The maximum absolute atomic E-state index is 13.0. The van der Waals surface area contributed by atoms with E-state index in [0.29, 0.717) is 6.10 Å². The van der Waals surface area contributed by atoms with E-state index >= 15 is 0 Å². The molecule has 0 fully saturated rings. The summed E-state index contributed by atoms with van der Waals surface area (Å²) in [7, 11) is 0. The molecular formula is C14H19FN2OS. The molecule has 2 rings (SSSR count). The lowest BCUT2D eigenvalue weighted by atomic mass is 10.3. The Hall–Kier alpha value is -1.20. The van der Waals surface area contributed by atoms with Gasteiger partial charge in [0.1, 0.15) is 5.82 Å². The Balaban J connectivity index is 1.75. The van der Waals surface area contributed by atoms with Crippen LogP contribution in [-0.4, -0.2) is 24.2 Å². The fraction of sp³-hybridized carbons (Fsp3) is 0.500. The molecule has 0 saturated heterocycles. The summed E-state index contributed by atoms with van der Waals surface area (Å²) in [4.78, 5) is 4.36. The molecule has 104 valence electrons. The summed E-state index contributed by atoms with van der Waals surface area (Å²) in [5.74, 6) is -0.241. The molecule has 0 radical (unpaired) electrons. The summed E-state index contributed by atoms with van der Waals surface area (Å²) in [6.45, 7) is 5.74. The fourth-order valence-electron chi connectivity index (χ4n) is 1.72. The molecule has 19 heavy (non-hydrogen) atoms. The standard InChI is InChI=1S/C14H19FN2OS/c1-10(2)18-8-4-3-7-16-14-17-12-9-11(15)5-6-13(12)19-14/h5-6,9-10H,3-4,7-8H2,1-2H3,(H,16,17). The van der Waals surface area contributed by atoms with Gasteiger partial charge < -0.3 is 10.1 Å². The lowest BCUT2D eigenvalue weighted by Gasteiger charge is -2.07. The average Bonchev–Trinajstić information content (AvgIpc) is 2.75. The first-order chi connectivity index (χ1) is 9.15. The number of rotatable bonds is 7. The van der Waals surface area contributed by atoms with Gasteiger partial charge in [-0.05, 0) is 38.8 Å². The molecule has 1 aromatic heterocycles. The van der Waals surface area contributed by atoms with Crippen LogP contribution in [-0.2, 0) is 4.74 Å². The summed E-state index contributed by atoms with van der Waals surface area (Å²) in [5, 5.41) is 4.12. The average molecular weight is 282 g/mol. The van der Waals surface area contributed by atoms with Gasteiger partial charge in [0.05, 0.1) is 16.3 Å². The highest BCUT2D eigenvalue weighted by atomic mass is 32.1. The summed E-state index contributed by atoms with van der Waals surface area (Å²) in [6, 6.07) is 4.70. The number of nitrogens with zero attached hydrogens (tertiary/aromatic N) is 1. The molecule has 0 spiro atoms. The highest BCUT2D eigenvalue weighted by molar-refractivity contribution is 7.22. The van der Waals surface area contributed by atoms with Crippen molar-refractivity contribution in [3.63, 3.8) is 0 Å². The lowest BCUT2D eigenvalue weighted by Crippen LogP contribution is -2.06. The molecule has 1 aromatic carbocycles. The van der Waals surface area contributed by atoms with E-state index < -0.39 is 0 Å². The molecule has 0 bridgehead atoms. The molecule has 0 saturated carbocycles. The molecule has 5 heteroatoms. The van der Waals surface area contributed by atoms with Gasteiger partial charge >= 0.3 is 0 Å². The van der Waals surface area contributed by atoms with E-state index in [-0.39, 0.29) is 5.82 Å². The molecule has 3 nitrogen and oxygen atoms in total. The largest absolute Gasteiger partial charge is 0.379 e. The van der Waals surface area contributed by atoms with Gasteiger partial charge in [0, 0.05) is 19.2 Å². The second kappa shape index (κ2) is 6.82. The highest BCUT2D eigenvalue weighted by Crippen LogP contribution is 2.26. The van der Waals surface area contributed by atoms with Crippen LogP contribution < -0.4 is 5.32 Å². The minimum Gasteiger partial charge on any atom is -0.379 e. The van der Waals surface area contributed by atoms with E-state index in [1.165, 1.54) is 12.1 Å². The number of unbranched alkanes of at least 4 members (excludes halogenated alkanes) is 1. The number of nitrogens with one attached hydrogen (secondary N) is 1. The van der Waals surface area contributed by atoms with Crippen LogP contribution in [0.4, 0.5) is 9.52 Å². The molecule has 0 aliphatic rings. The van der Waals surface area contributed by atoms with Crippen LogP contribution in [0, 0.1) is 5.82 Å². The van der Waals surface area contributed by atoms with E-state index in [1.54, 1.807) is 17.4 Å². The molecular weight excluding hydrogens is 263 g/mol. The van der Waals surface area contributed by atoms with Gasteiger partial charge in [0.15, 0.2) is 5.13 Å². The smallest absolute Gasteiger partial charge is 0.183 e. The SMILES string of the molecule is CC(C)OCCCCNc1nc2cc(F)ccc2s1.